The van der Waals surface area contributed by atoms with E-state index in [1.165, 1.54) is 0 Å². The second kappa shape index (κ2) is 9.39. The van der Waals surface area contributed by atoms with Crippen molar-refractivity contribution in [3.63, 3.8) is 0 Å². The van der Waals surface area contributed by atoms with Gasteiger partial charge in [0.05, 0.1) is 12.8 Å². The molecule has 0 aliphatic rings. The van der Waals surface area contributed by atoms with E-state index < -0.39 is 0 Å². The fraction of sp³-hybridized carbons (Fsp3) is 0.118. The number of hydrogen-bond acceptors (Lipinski definition) is 5. The number of nitrogens with two attached hydrogens (primary N) is 1. The number of ether oxygens (including phenoxy) is 1. The van der Waals surface area contributed by atoms with Crippen LogP contribution in [-0.2, 0) is 6.54 Å². The third-order valence-electron chi connectivity index (χ3n) is 3.32. The van der Waals surface area contributed by atoms with E-state index in [9.17, 15) is 0 Å². The highest BCUT2D eigenvalue weighted by molar-refractivity contribution is 14.0. The Bertz CT molecular complexity index is 883. The summed E-state index contributed by atoms with van der Waals surface area (Å²) in [6, 6.07) is 14.6. The third-order valence-corrected chi connectivity index (χ3v) is 3.58. The van der Waals surface area contributed by atoms with Crippen LogP contribution in [0.5, 0.6) is 5.75 Å². The van der Waals surface area contributed by atoms with Crippen LogP contribution < -0.4 is 15.8 Å². The van der Waals surface area contributed by atoms with Crippen LogP contribution >= 0.6 is 35.6 Å². The van der Waals surface area contributed by atoms with Crippen molar-refractivity contribution in [3.05, 3.63) is 59.4 Å². The zero-order chi connectivity index (χ0) is 17.6. The summed E-state index contributed by atoms with van der Waals surface area (Å²) in [4.78, 5) is 8.48. The van der Waals surface area contributed by atoms with Crippen LogP contribution in [0.25, 0.3) is 11.4 Å². The van der Waals surface area contributed by atoms with Crippen LogP contribution in [-0.4, -0.2) is 23.2 Å². The fourth-order valence-corrected chi connectivity index (χ4v) is 2.24. The van der Waals surface area contributed by atoms with Crippen LogP contribution in [0.3, 0.4) is 0 Å². The Morgan fingerprint density at radius 2 is 1.96 bits per heavy atom. The molecule has 0 fully saturated rings. The molecular formula is C17H17ClIN5O2. The average molecular weight is 486 g/mol. The standard InChI is InChI=1S/C17H16ClN5O2.HI/c1-24-14-5-3-2-4-13(14)21-17(19)20-10-15-22-16(23-25-15)11-6-8-12(18)9-7-11;/h2-9H,10H2,1H3,(H3,19,20,21);1H. The molecule has 136 valence electrons. The maximum absolute atomic E-state index is 5.89. The molecule has 1 heterocycles. The molecule has 1 aromatic heterocycles. The molecule has 0 unspecified atom stereocenters. The van der Waals surface area contributed by atoms with E-state index in [0.29, 0.717) is 22.5 Å². The molecule has 0 radical (unpaired) electrons. The molecule has 0 amide bonds. The largest absolute Gasteiger partial charge is 0.495 e. The molecule has 0 saturated carbocycles. The van der Waals surface area contributed by atoms with Gasteiger partial charge in [0.1, 0.15) is 12.3 Å². The van der Waals surface area contributed by atoms with Gasteiger partial charge in [-0.25, -0.2) is 4.99 Å². The molecular weight excluding hydrogens is 469 g/mol. The number of hydrogen-bond donors (Lipinski definition) is 2. The molecule has 0 bridgehead atoms. The van der Waals surface area contributed by atoms with Gasteiger partial charge in [0, 0.05) is 10.6 Å². The van der Waals surface area contributed by atoms with Crippen LogP contribution in [0.2, 0.25) is 5.02 Å². The van der Waals surface area contributed by atoms with Crippen LogP contribution in [0.15, 0.2) is 58.0 Å². The highest BCUT2D eigenvalue weighted by Gasteiger charge is 2.08. The summed E-state index contributed by atoms with van der Waals surface area (Å²) >= 11 is 5.87. The SMILES string of the molecule is COc1ccccc1NC(N)=NCc1nc(-c2ccc(Cl)cc2)no1.I. The van der Waals surface area contributed by atoms with Crippen molar-refractivity contribution in [2.75, 3.05) is 12.4 Å². The van der Waals surface area contributed by atoms with Gasteiger partial charge in [-0.2, -0.15) is 4.98 Å². The number of halogens is 2. The molecule has 26 heavy (non-hydrogen) atoms. The summed E-state index contributed by atoms with van der Waals surface area (Å²) in [5.74, 6) is 1.71. The Morgan fingerprint density at radius 1 is 1.23 bits per heavy atom. The van der Waals surface area contributed by atoms with Gasteiger partial charge < -0.3 is 20.3 Å². The zero-order valence-electron chi connectivity index (χ0n) is 13.8. The highest BCUT2D eigenvalue weighted by Crippen LogP contribution is 2.22. The number of anilines is 1. The maximum Gasteiger partial charge on any atom is 0.248 e. The minimum atomic E-state index is 0. The van der Waals surface area contributed by atoms with Crippen LogP contribution in [0, 0.1) is 0 Å². The second-order valence-electron chi connectivity index (χ2n) is 5.05. The summed E-state index contributed by atoms with van der Waals surface area (Å²) in [7, 11) is 1.59. The van der Waals surface area contributed by atoms with Gasteiger partial charge >= 0.3 is 0 Å². The van der Waals surface area contributed by atoms with Gasteiger partial charge in [0.2, 0.25) is 11.7 Å². The molecule has 0 atom stereocenters. The second-order valence-corrected chi connectivity index (χ2v) is 5.48. The fourth-order valence-electron chi connectivity index (χ4n) is 2.11. The number of rotatable bonds is 5. The minimum absolute atomic E-state index is 0. The van der Waals surface area contributed by atoms with Crippen LogP contribution in [0.4, 0.5) is 5.69 Å². The highest BCUT2D eigenvalue weighted by atomic mass is 127. The summed E-state index contributed by atoms with van der Waals surface area (Å²) in [6.45, 7) is 0.161. The summed E-state index contributed by atoms with van der Waals surface area (Å²) in [5, 5.41) is 7.55. The van der Waals surface area contributed by atoms with Gasteiger partial charge in [-0.15, -0.1) is 24.0 Å². The van der Waals surface area contributed by atoms with E-state index >= 15 is 0 Å². The van der Waals surface area contributed by atoms with E-state index in [1.807, 2.05) is 36.4 Å². The van der Waals surface area contributed by atoms with Crippen molar-refractivity contribution >= 4 is 47.2 Å². The summed E-state index contributed by atoms with van der Waals surface area (Å²) < 4.78 is 10.4. The summed E-state index contributed by atoms with van der Waals surface area (Å²) in [5.41, 5.74) is 7.42. The number of guanidine groups is 1. The predicted molar refractivity (Wildman–Crippen MR) is 112 cm³/mol. The molecule has 3 N–H and O–H groups in total. The number of methoxy groups -OCH3 is 1. The van der Waals surface area contributed by atoms with Gasteiger partial charge in [-0.3, -0.25) is 0 Å². The molecule has 7 nitrogen and oxygen atoms in total. The Kier molecular flexibility index (Phi) is 7.22. The average Bonchev–Trinajstić information content (AvgIpc) is 3.10. The topological polar surface area (TPSA) is 98.6 Å². The van der Waals surface area contributed by atoms with Crippen molar-refractivity contribution in [1.29, 1.82) is 0 Å². The van der Waals surface area contributed by atoms with E-state index in [0.717, 1.165) is 11.3 Å². The number of aliphatic imine (C=N–C) groups is 1. The van der Waals surface area contributed by atoms with Gasteiger partial charge in [-0.1, -0.05) is 28.9 Å². The zero-order valence-corrected chi connectivity index (χ0v) is 16.9. The number of para-hydroxylation sites is 2. The first-order valence-electron chi connectivity index (χ1n) is 7.44. The van der Waals surface area contributed by atoms with E-state index in [1.54, 1.807) is 19.2 Å². The predicted octanol–water partition coefficient (Wildman–Crippen LogP) is 3.94. The van der Waals surface area contributed by atoms with Gasteiger partial charge in [-0.05, 0) is 36.4 Å². The molecule has 0 aliphatic carbocycles. The first kappa shape index (κ1) is 20.0. The Morgan fingerprint density at radius 3 is 2.69 bits per heavy atom. The molecule has 0 aliphatic heterocycles. The van der Waals surface area contributed by atoms with Crippen molar-refractivity contribution in [2.24, 2.45) is 10.7 Å². The lowest BCUT2D eigenvalue weighted by Gasteiger charge is -2.09. The number of nitrogens with one attached hydrogen (secondary N) is 1. The molecule has 2 aromatic carbocycles. The normalized spacial score (nSPS) is 10.9. The molecule has 3 aromatic rings. The lowest BCUT2D eigenvalue weighted by atomic mass is 10.2. The first-order valence-corrected chi connectivity index (χ1v) is 7.82. The Balaban J connectivity index is 0.00000243. The monoisotopic (exact) mass is 485 g/mol. The molecule has 0 spiro atoms. The number of nitrogens with zero attached hydrogens (tertiary/aromatic N) is 3. The maximum atomic E-state index is 5.89. The lowest BCUT2D eigenvalue weighted by Crippen LogP contribution is -2.22. The summed E-state index contributed by atoms with van der Waals surface area (Å²) in [6.07, 6.45) is 0. The van der Waals surface area contributed by atoms with Crippen molar-refractivity contribution in [1.82, 2.24) is 10.1 Å². The Hall–Kier alpha value is -2.33. The Labute approximate surface area is 172 Å². The van der Waals surface area contributed by atoms with Crippen LogP contribution in [0.1, 0.15) is 5.89 Å². The number of benzene rings is 2. The van der Waals surface area contributed by atoms with E-state index in [2.05, 4.69) is 20.4 Å². The van der Waals surface area contributed by atoms with Crippen molar-refractivity contribution < 1.29 is 9.26 Å². The number of aromatic nitrogens is 2. The van der Waals surface area contributed by atoms with Gasteiger partial charge in [0.25, 0.3) is 0 Å². The minimum Gasteiger partial charge on any atom is -0.495 e. The third kappa shape index (κ3) is 5.09. The van der Waals surface area contributed by atoms with Crippen molar-refractivity contribution in [2.45, 2.75) is 6.54 Å². The molecule has 0 saturated heterocycles. The van der Waals surface area contributed by atoms with E-state index in [4.69, 9.17) is 26.6 Å². The van der Waals surface area contributed by atoms with Gasteiger partial charge in [0.15, 0.2) is 5.96 Å². The smallest absolute Gasteiger partial charge is 0.248 e. The molecule has 3 rings (SSSR count). The van der Waals surface area contributed by atoms with E-state index in [-0.39, 0.29) is 36.5 Å². The molecule has 9 heteroatoms. The lowest BCUT2D eigenvalue weighted by molar-refractivity contribution is 0.381. The van der Waals surface area contributed by atoms with Crippen molar-refractivity contribution in [3.8, 4) is 17.1 Å². The quantitative estimate of drug-likeness (QED) is 0.323. The first-order chi connectivity index (χ1) is 12.2.